The second kappa shape index (κ2) is 11.8. The second-order valence-electron chi connectivity index (χ2n) is 6.63. The number of rotatable bonds is 7. The Bertz CT molecular complexity index is 1160. The highest BCUT2D eigenvalue weighted by atomic mass is 32.2. The molecule has 4 N–H and O–H groups in total. The molecule has 0 aromatic heterocycles. The molecule has 2 aromatic rings. The molecule has 0 radical (unpaired) electrons. The summed E-state index contributed by atoms with van der Waals surface area (Å²) < 4.78 is 35.8. The second-order valence-corrected chi connectivity index (χ2v) is 8.58. The van der Waals surface area contributed by atoms with Gasteiger partial charge in [-0.1, -0.05) is 25.1 Å². The van der Waals surface area contributed by atoms with E-state index in [0.717, 1.165) is 12.0 Å². The number of carbonyl (C=O) groups excluding carboxylic acids is 3. The van der Waals surface area contributed by atoms with Crippen molar-refractivity contribution in [2.75, 3.05) is 25.9 Å². The first kappa shape index (κ1) is 26.3. The number of nitrogens with two attached hydrogens (primary N) is 1. The van der Waals surface area contributed by atoms with Crippen LogP contribution in [0.1, 0.15) is 13.3 Å². The molecule has 2 rings (SSSR count). The van der Waals surface area contributed by atoms with Gasteiger partial charge in [-0.3, -0.25) is 20.3 Å². The lowest BCUT2D eigenvalue weighted by atomic mass is 10.2. The fourth-order valence-electron chi connectivity index (χ4n) is 2.67. The molecular weight excluding hydrogens is 466 g/mol. The third kappa shape index (κ3) is 6.52. The summed E-state index contributed by atoms with van der Waals surface area (Å²) in [5.41, 5.74) is 5.44. The molecule has 182 valence electrons. The molecule has 0 saturated heterocycles. The number of ether oxygens (including phenoxy) is 2. The number of nitrogens with zero attached hydrogens (tertiary/aromatic N) is 2. The van der Waals surface area contributed by atoms with E-state index >= 15 is 0 Å². The number of carbonyl (C=O) groups is 3. The summed E-state index contributed by atoms with van der Waals surface area (Å²) in [6.45, 7) is 1.26. The van der Waals surface area contributed by atoms with Gasteiger partial charge >= 0.3 is 12.1 Å². The van der Waals surface area contributed by atoms with Crippen molar-refractivity contribution in [1.82, 2.24) is 10.6 Å². The van der Waals surface area contributed by atoms with Gasteiger partial charge in [-0.25, -0.2) is 23.0 Å². The number of aliphatic imine (C=N–C) groups is 1. The SMILES string of the molecule is CCC(=O)NC(=Nc1ccc(S(=O)(=O)c2ccccc2)cc1N(COC)C(N)=O)NC(=O)OC. The zero-order valence-electron chi connectivity index (χ0n) is 18.8. The van der Waals surface area contributed by atoms with Gasteiger partial charge in [-0.05, 0) is 30.3 Å². The number of urea groups is 1. The van der Waals surface area contributed by atoms with Gasteiger partial charge in [-0.2, -0.15) is 0 Å². The highest BCUT2D eigenvalue weighted by Gasteiger charge is 2.23. The molecule has 0 heterocycles. The van der Waals surface area contributed by atoms with E-state index in [1.807, 2.05) is 0 Å². The summed E-state index contributed by atoms with van der Waals surface area (Å²) in [4.78, 5) is 40.7. The summed E-state index contributed by atoms with van der Waals surface area (Å²) in [5.74, 6) is -0.774. The average Bonchev–Trinajstić information content (AvgIpc) is 2.82. The summed E-state index contributed by atoms with van der Waals surface area (Å²) in [7, 11) is -1.52. The van der Waals surface area contributed by atoms with Crippen LogP contribution >= 0.6 is 0 Å². The van der Waals surface area contributed by atoms with Crippen molar-refractivity contribution in [3.63, 3.8) is 0 Å². The average molecular weight is 492 g/mol. The molecule has 0 fully saturated rings. The number of sulfone groups is 1. The van der Waals surface area contributed by atoms with Gasteiger partial charge < -0.3 is 15.2 Å². The number of hydrogen-bond donors (Lipinski definition) is 3. The van der Waals surface area contributed by atoms with Gasteiger partial charge in [-0.15, -0.1) is 0 Å². The largest absolute Gasteiger partial charge is 0.453 e. The van der Waals surface area contributed by atoms with Crippen LogP contribution < -0.4 is 21.3 Å². The van der Waals surface area contributed by atoms with Crippen molar-refractivity contribution in [1.29, 1.82) is 0 Å². The molecule has 2 aromatic carbocycles. The van der Waals surface area contributed by atoms with Crippen LogP contribution in [0.4, 0.5) is 21.0 Å². The van der Waals surface area contributed by atoms with E-state index in [9.17, 15) is 22.8 Å². The van der Waals surface area contributed by atoms with Gasteiger partial charge in [0.25, 0.3) is 0 Å². The molecule has 0 saturated carbocycles. The number of benzene rings is 2. The molecular formula is C21H25N5O7S. The van der Waals surface area contributed by atoms with Crippen LogP contribution in [0.5, 0.6) is 0 Å². The Kier molecular flexibility index (Phi) is 9.10. The Morgan fingerprint density at radius 2 is 1.71 bits per heavy atom. The number of guanidine groups is 1. The zero-order valence-corrected chi connectivity index (χ0v) is 19.6. The van der Waals surface area contributed by atoms with Crippen LogP contribution in [0.3, 0.4) is 0 Å². The quantitative estimate of drug-likeness (QED) is 0.302. The molecule has 0 aliphatic carbocycles. The maximum Gasteiger partial charge on any atom is 0.413 e. The molecule has 0 unspecified atom stereocenters. The first-order chi connectivity index (χ1) is 16.1. The van der Waals surface area contributed by atoms with Gasteiger partial charge in [0, 0.05) is 13.5 Å². The first-order valence-electron chi connectivity index (χ1n) is 9.87. The Morgan fingerprint density at radius 3 is 2.26 bits per heavy atom. The fourth-order valence-corrected chi connectivity index (χ4v) is 3.98. The monoisotopic (exact) mass is 491 g/mol. The Morgan fingerprint density at radius 1 is 1.03 bits per heavy atom. The Labute approximate surface area is 196 Å². The van der Waals surface area contributed by atoms with Crippen molar-refractivity contribution >= 4 is 45.2 Å². The number of primary amides is 1. The van der Waals surface area contributed by atoms with Crippen molar-refractivity contribution in [3.8, 4) is 0 Å². The van der Waals surface area contributed by atoms with Gasteiger partial charge in [0.2, 0.25) is 21.7 Å². The van der Waals surface area contributed by atoms with Crippen LogP contribution in [0.15, 0.2) is 63.3 Å². The molecule has 0 spiro atoms. The lowest BCUT2D eigenvalue weighted by Gasteiger charge is -2.22. The molecule has 0 aliphatic rings. The third-order valence-electron chi connectivity index (χ3n) is 4.34. The van der Waals surface area contributed by atoms with Gasteiger partial charge in [0.05, 0.1) is 28.3 Å². The number of anilines is 1. The van der Waals surface area contributed by atoms with Crippen molar-refractivity contribution in [2.45, 2.75) is 23.1 Å². The lowest BCUT2D eigenvalue weighted by molar-refractivity contribution is -0.119. The van der Waals surface area contributed by atoms with Crippen molar-refractivity contribution in [3.05, 3.63) is 48.5 Å². The van der Waals surface area contributed by atoms with Crippen molar-refractivity contribution in [2.24, 2.45) is 10.7 Å². The van der Waals surface area contributed by atoms with E-state index < -0.39 is 27.9 Å². The van der Waals surface area contributed by atoms with E-state index in [2.05, 4.69) is 20.4 Å². The summed E-state index contributed by atoms with van der Waals surface area (Å²) >= 11 is 0. The topological polar surface area (TPSA) is 169 Å². The molecule has 34 heavy (non-hydrogen) atoms. The summed E-state index contributed by atoms with van der Waals surface area (Å²) in [5, 5.41) is 4.64. The number of hydrogen-bond acceptors (Lipinski definition) is 8. The van der Waals surface area contributed by atoms with E-state index in [-0.39, 0.29) is 40.3 Å². The van der Waals surface area contributed by atoms with Crippen LogP contribution in [-0.2, 0) is 24.1 Å². The Balaban J connectivity index is 2.70. The fraction of sp³-hybridized carbons (Fsp3) is 0.238. The summed E-state index contributed by atoms with van der Waals surface area (Å²) in [6, 6.07) is 10.5. The van der Waals surface area contributed by atoms with E-state index in [1.165, 1.54) is 37.4 Å². The van der Waals surface area contributed by atoms with Crippen LogP contribution in [0.2, 0.25) is 0 Å². The maximum atomic E-state index is 13.1. The molecule has 0 aliphatic heterocycles. The zero-order chi connectivity index (χ0) is 25.3. The van der Waals surface area contributed by atoms with Crippen LogP contribution in [0.25, 0.3) is 0 Å². The predicted molar refractivity (Wildman–Crippen MR) is 123 cm³/mol. The van der Waals surface area contributed by atoms with Crippen LogP contribution in [-0.4, -0.2) is 53.4 Å². The van der Waals surface area contributed by atoms with Crippen LogP contribution in [0, 0.1) is 0 Å². The normalized spacial score (nSPS) is 11.4. The smallest absolute Gasteiger partial charge is 0.413 e. The first-order valence-corrected chi connectivity index (χ1v) is 11.4. The molecule has 12 nitrogen and oxygen atoms in total. The maximum absolute atomic E-state index is 13.1. The minimum Gasteiger partial charge on any atom is -0.453 e. The highest BCUT2D eigenvalue weighted by Crippen LogP contribution is 2.33. The van der Waals surface area contributed by atoms with E-state index in [1.54, 1.807) is 25.1 Å². The Hall–Kier alpha value is -3.97. The minimum atomic E-state index is -3.95. The lowest BCUT2D eigenvalue weighted by Crippen LogP contribution is -2.43. The number of amides is 4. The number of nitrogens with one attached hydrogen (secondary N) is 2. The molecule has 13 heteroatoms. The van der Waals surface area contributed by atoms with E-state index in [0.29, 0.717) is 0 Å². The molecule has 0 bridgehead atoms. The number of methoxy groups -OCH3 is 2. The van der Waals surface area contributed by atoms with Gasteiger partial charge in [0.15, 0.2) is 0 Å². The van der Waals surface area contributed by atoms with Crippen molar-refractivity contribution < 1.29 is 32.3 Å². The molecule has 0 atom stereocenters. The van der Waals surface area contributed by atoms with Gasteiger partial charge in [0.1, 0.15) is 6.73 Å². The standard InChI is InChI=1S/C21H25N5O7S/c1-4-18(27)24-20(25-21(29)33-3)23-16-11-10-15(12-17(16)26(13-32-2)19(22)28)34(30,31)14-8-6-5-7-9-14/h5-12H,4,13H2,1-3H3,(H2,22,28)(H2,23,24,25,27,29). The minimum absolute atomic E-state index is 0.00525. The van der Waals surface area contributed by atoms with E-state index in [4.69, 9.17) is 10.5 Å². The third-order valence-corrected chi connectivity index (χ3v) is 6.11. The predicted octanol–water partition coefficient (Wildman–Crippen LogP) is 1.88. The number of alkyl carbamates (subject to hydrolysis) is 1. The molecule has 4 amide bonds. The summed E-state index contributed by atoms with van der Waals surface area (Å²) in [6.07, 6.45) is -0.830. The highest BCUT2D eigenvalue weighted by molar-refractivity contribution is 7.91.